The van der Waals surface area contributed by atoms with Crippen LogP contribution in [-0.2, 0) is 11.3 Å². The van der Waals surface area contributed by atoms with Gasteiger partial charge in [0.25, 0.3) is 0 Å². The predicted octanol–water partition coefficient (Wildman–Crippen LogP) is 3.21. The lowest BCUT2D eigenvalue weighted by molar-refractivity contribution is -0.385. The molecule has 26 heavy (non-hydrogen) atoms. The van der Waals surface area contributed by atoms with Gasteiger partial charge < -0.3 is 5.32 Å². The molecule has 0 radical (unpaired) electrons. The molecular formula is C19H28N4O3. The maximum atomic E-state index is 12.6. The van der Waals surface area contributed by atoms with E-state index in [9.17, 15) is 14.9 Å². The smallest absolute Gasteiger partial charge is 0.309 e. The minimum atomic E-state index is -0.457. The lowest BCUT2D eigenvalue weighted by Crippen LogP contribution is -2.57. The fraction of sp³-hybridized carbons (Fsp3) is 0.789. The number of amides is 1. The van der Waals surface area contributed by atoms with E-state index in [1.54, 1.807) is 6.92 Å². The average Bonchev–Trinajstić information content (AvgIpc) is 2.91. The van der Waals surface area contributed by atoms with Crippen molar-refractivity contribution in [1.82, 2.24) is 15.1 Å². The molecule has 142 valence electrons. The highest BCUT2D eigenvalue weighted by atomic mass is 16.6. The molecule has 5 rings (SSSR count). The van der Waals surface area contributed by atoms with Crippen LogP contribution in [0.5, 0.6) is 0 Å². The van der Waals surface area contributed by atoms with Crippen LogP contribution in [0.4, 0.5) is 5.69 Å². The summed E-state index contributed by atoms with van der Waals surface area (Å²) in [4.78, 5) is 23.1. The molecule has 1 heterocycles. The Hall–Kier alpha value is -1.92. The number of rotatable bonds is 6. The van der Waals surface area contributed by atoms with Crippen LogP contribution in [0.2, 0.25) is 0 Å². The van der Waals surface area contributed by atoms with Crippen molar-refractivity contribution in [3.05, 3.63) is 22.0 Å². The van der Waals surface area contributed by atoms with Crippen LogP contribution in [0.15, 0.2) is 6.20 Å². The third kappa shape index (κ3) is 3.01. The molecule has 4 saturated carbocycles. The first-order valence-electron chi connectivity index (χ1n) is 9.86. The Balaban J connectivity index is 1.44. The van der Waals surface area contributed by atoms with E-state index in [-0.39, 0.29) is 29.6 Å². The van der Waals surface area contributed by atoms with Gasteiger partial charge >= 0.3 is 5.69 Å². The van der Waals surface area contributed by atoms with Crippen LogP contribution in [0.25, 0.3) is 0 Å². The molecule has 0 aromatic carbocycles. The molecule has 1 amide bonds. The van der Waals surface area contributed by atoms with Gasteiger partial charge in [0.1, 0.15) is 18.4 Å². The Bertz CT molecular complexity index is 691. The van der Waals surface area contributed by atoms with Gasteiger partial charge in [-0.15, -0.1) is 0 Å². The summed E-state index contributed by atoms with van der Waals surface area (Å²) in [6.07, 6.45) is 10.2. The third-order valence-electron chi connectivity index (χ3n) is 6.99. The molecule has 0 spiro atoms. The summed E-state index contributed by atoms with van der Waals surface area (Å²) in [7, 11) is 0. The van der Waals surface area contributed by atoms with Crippen LogP contribution in [0.1, 0.15) is 57.6 Å². The molecule has 1 atom stereocenters. The molecule has 4 aliphatic rings. The Kier molecular flexibility index (Phi) is 4.28. The number of carbonyl (C=O) groups excluding carboxylic acids is 1. The van der Waals surface area contributed by atoms with Crippen molar-refractivity contribution in [2.75, 3.05) is 0 Å². The predicted molar refractivity (Wildman–Crippen MR) is 96.4 cm³/mol. The molecule has 1 unspecified atom stereocenters. The number of nitrogens with one attached hydrogen (secondary N) is 1. The first kappa shape index (κ1) is 17.5. The maximum Gasteiger partial charge on any atom is 0.309 e. The Morgan fingerprint density at radius 2 is 1.92 bits per heavy atom. The van der Waals surface area contributed by atoms with E-state index < -0.39 is 4.92 Å². The van der Waals surface area contributed by atoms with Crippen molar-refractivity contribution < 1.29 is 9.72 Å². The number of aryl methyl sites for hydroxylation is 1. The van der Waals surface area contributed by atoms with Gasteiger partial charge in [-0.25, -0.2) is 0 Å². The van der Waals surface area contributed by atoms with Gasteiger partial charge in [0.15, 0.2) is 0 Å². The van der Waals surface area contributed by atoms with E-state index in [1.807, 2.05) is 0 Å². The first-order valence-corrected chi connectivity index (χ1v) is 9.86. The zero-order chi connectivity index (χ0) is 18.5. The lowest BCUT2D eigenvalue weighted by atomic mass is 9.47. The van der Waals surface area contributed by atoms with Gasteiger partial charge in [0, 0.05) is 6.04 Å². The number of aromatic nitrogens is 2. The molecule has 1 aromatic rings. The Morgan fingerprint density at radius 1 is 1.35 bits per heavy atom. The molecule has 1 N–H and O–H groups in total. The highest BCUT2D eigenvalue weighted by molar-refractivity contribution is 5.76. The maximum absolute atomic E-state index is 12.6. The van der Waals surface area contributed by atoms with E-state index in [0.717, 1.165) is 24.2 Å². The second kappa shape index (κ2) is 6.35. The second-order valence-electron chi connectivity index (χ2n) is 8.86. The number of hydrogen-bond donors (Lipinski definition) is 1. The van der Waals surface area contributed by atoms with Crippen molar-refractivity contribution in [2.45, 2.75) is 71.4 Å². The molecular weight excluding hydrogens is 332 g/mol. The van der Waals surface area contributed by atoms with E-state index in [1.165, 1.54) is 49.4 Å². The molecule has 7 nitrogen and oxygen atoms in total. The summed E-state index contributed by atoms with van der Waals surface area (Å²) in [5, 5.41) is 18.3. The summed E-state index contributed by atoms with van der Waals surface area (Å²) in [5.74, 6) is 2.46. The van der Waals surface area contributed by atoms with Gasteiger partial charge in [0.05, 0.1) is 4.92 Å². The normalized spacial score (nSPS) is 33.2. The standard InChI is InChI=1S/C19H28N4O3/c1-3-17(19-7-13-4-14(8-19)6-15(5-13)9-19)20-18(24)11-22-10-16(23(25)26)12(2)21-22/h10,13-15,17H,3-9,11H2,1-2H3,(H,20,24). The quantitative estimate of drug-likeness (QED) is 0.623. The van der Waals surface area contributed by atoms with Crippen molar-refractivity contribution in [1.29, 1.82) is 0 Å². The van der Waals surface area contributed by atoms with Gasteiger partial charge in [-0.05, 0) is 75.0 Å². The van der Waals surface area contributed by atoms with Gasteiger partial charge in [-0.3, -0.25) is 19.6 Å². The summed E-state index contributed by atoms with van der Waals surface area (Å²) < 4.78 is 1.38. The Morgan fingerprint density at radius 3 is 2.38 bits per heavy atom. The van der Waals surface area contributed by atoms with E-state index in [0.29, 0.717) is 5.69 Å². The average molecular weight is 360 g/mol. The van der Waals surface area contributed by atoms with Crippen molar-refractivity contribution in [3.8, 4) is 0 Å². The van der Waals surface area contributed by atoms with Gasteiger partial charge in [-0.1, -0.05) is 6.92 Å². The van der Waals surface area contributed by atoms with E-state index in [4.69, 9.17) is 0 Å². The van der Waals surface area contributed by atoms with E-state index >= 15 is 0 Å². The fourth-order valence-corrected chi connectivity index (χ4v) is 6.45. The van der Waals surface area contributed by atoms with Crippen LogP contribution < -0.4 is 5.32 Å². The lowest BCUT2D eigenvalue weighted by Gasteiger charge is -2.59. The molecule has 7 heteroatoms. The molecule has 1 aromatic heterocycles. The largest absolute Gasteiger partial charge is 0.351 e. The first-order chi connectivity index (χ1) is 12.4. The molecule has 0 aliphatic heterocycles. The van der Waals surface area contributed by atoms with Crippen LogP contribution in [-0.4, -0.2) is 26.7 Å². The summed E-state index contributed by atoms with van der Waals surface area (Å²) >= 11 is 0. The molecule has 0 saturated heterocycles. The minimum absolute atomic E-state index is 0.0362. The van der Waals surface area contributed by atoms with Crippen molar-refractivity contribution in [3.63, 3.8) is 0 Å². The minimum Gasteiger partial charge on any atom is -0.351 e. The summed E-state index contributed by atoms with van der Waals surface area (Å²) in [5.41, 5.74) is 0.576. The SMILES string of the molecule is CCC(NC(=O)Cn1cc([N+](=O)[O-])c(C)n1)C12CC3CC(CC(C3)C1)C2. The number of carbonyl (C=O) groups is 1. The molecule has 4 aliphatic carbocycles. The number of nitrogens with zero attached hydrogens (tertiary/aromatic N) is 3. The highest BCUT2D eigenvalue weighted by Crippen LogP contribution is 2.61. The summed E-state index contributed by atoms with van der Waals surface area (Å²) in [6, 6.07) is 0.204. The Labute approximate surface area is 153 Å². The molecule has 4 bridgehead atoms. The van der Waals surface area contributed by atoms with Crippen molar-refractivity contribution in [2.24, 2.45) is 23.2 Å². The molecule has 4 fully saturated rings. The number of nitro groups is 1. The van der Waals surface area contributed by atoms with Gasteiger partial charge in [-0.2, -0.15) is 5.10 Å². The highest BCUT2D eigenvalue weighted by Gasteiger charge is 2.54. The zero-order valence-electron chi connectivity index (χ0n) is 15.6. The van der Waals surface area contributed by atoms with E-state index in [2.05, 4.69) is 17.3 Å². The fourth-order valence-electron chi connectivity index (χ4n) is 6.45. The monoisotopic (exact) mass is 360 g/mol. The summed E-state index contributed by atoms with van der Waals surface area (Å²) in [6.45, 7) is 3.79. The van der Waals surface area contributed by atoms with Gasteiger partial charge in [0.2, 0.25) is 5.91 Å². The second-order valence-corrected chi connectivity index (χ2v) is 8.86. The number of hydrogen-bond acceptors (Lipinski definition) is 4. The topological polar surface area (TPSA) is 90.1 Å². The van der Waals surface area contributed by atoms with Crippen LogP contribution in [0.3, 0.4) is 0 Å². The van der Waals surface area contributed by atoms with Crippen LogP contribution in [0, 0.1) is 40.2 Å². The van der Waals surface area contributed by atoms with Crippen LogP contribution >= 0.6 is 0 Å². The third-order valence-corrected chi connectivity index (χ3v) is 6.99. The zero-order valence-corrected chi connectivity index (χ0v) is 15.6. The van der Waals surface area contributed by atoms with Crippen molar-refractivity contribution >= 4 is 11.6 Å².